The number of ether oxygens (including phenoxy) is 7. The van der Waals surface area contributed by atoms with E-state index in [2.05, 4.69) is 15.6 Å². The Bertz CT molecular complexity index is 2180. The van der Waals surface area contributed by atoms with Crippen molar-refractivity contribution in [3.63, 3.8) is 0 Å². The van der Waals surface area contributed by atoms with Gasteiger partial charge in [0.2, 0.25) is 0 Å². The number of esters is 1. The Labute approximate surface area is 372 Å². The van der Waals surface area contributed by atoms with Crippen LogP contribution < -0.4 is 20.7 Å². The number of hydrogen-bond acceptors (Lipinski definition) is 12. The summed E-state index contributed by atoms with van der Waals surface area (Å²) < 4.78 is 54.0. The maximum absolute atomic E-state index is 13.9. The summed E-state index contributed by atoms with van der Waals surface area (Å²) in [5, 5.41) is 0. The zero-order valence-electron chi connectivity index (χ0n) is 38.0. The van der Waals surface area contributed by atoms with E-state index in [1.54, 1.807) is 42.1 Å². The van der Waals surface area contributed by atoms with E-state index in [1.165, 1.54) is 10.8 Å². The second-order valence-corrected chi connectivity index (χ2v) is 18.1. The number of aromatic nitrogens is 2. The molecule has 5 rings (SSSR count). The van der Waals surface area contributed by atoms with E-state index in [9.17, 15) is 14.4 Å². The highest BCUT2D eigenvalue weighted by atomic mass is 31.2. The van der Waals surface area contributed by atoms with Crippen molar-refractivity contribution in [2.45, 2.75) is 103 Å². The number of carbonyl (C=O) groups is 1. The van der Waals surface area contributed by atoms with Gasteiger partial charge in [0.05, 0.1) is 34.0 Å². The van der Waals surface area contributed by atoms with Crippen molar-refractivity contribution in [1.82, 2.24) is 14.2 Å². The maximum Gasteiger partial charge on any atom is 0.330 e. The lowest BCUT2D eigenvalue weighted by molar-refractivity contribution is -0.152. The van der Waals surface area contributed by atoms with Gasteiger partial charge in [-0.2, -0.15) is 0 Å². The van der Waals surface area contributed by atoms with Crippen LogP contribution in [0.3, 0.4) is 0 Å². The lowest BCUT2D eigenvalue weighted by Gasteiger charge is -2.40. The van der Waals surface area contributed by atoms with Gasteiger partial charge in [0.25, 0.3) is 5.56 Å². The smallest absolute Gasteiger partial charge is 0.330 e. The van der Waals surface area contributed by atoms with Crippen molar-refractivity contribution < 1.29 is 42.5 Å². The third kappa shape index (κ3) is 11.8. The molecule has 1 aliphatic heterocycles. The van der Waals surface area contributed by atoms with E-state index in [-0.39, 0.29) is 44.5 Å². The monoisotopic (exact) mass is 887 g/mol. The van der Waals surface area contributed by atoms with E-state index in [4.69, 9.17) is 44.1 Å². The Morgan fingerprint density at radius 1 is 0.873 bits per heavy atom. The second-order valence-electron chi connectivity index (χ2n) is 16.4. The van der Waals surface area contributed by atoms with Crippen molar-refractivity contribution in [3.8, 4) is 23.8 Å². The van der Waals surface area contributed by atoms with Gasteiger partial charge in [-0.15, -0.1) is 12.3 Å². The maximum atomic E-state index is 13.9. The molecule has 3 aromatic carbocycles. The number of terminal acetylenes is 1. The van der Waals surface area contributed by atoms with Gasteiger partial charge in [0.1, 0.15) is 55.5 Å². The van der Waals surface area contributed by atoms with E-state index >= 15 is 0 Å². The summed E-state index contributed by atoms with van der Waals surface area (Å²) in [6.07, 6.45) is 3.22. The molecule has 2 unspecified atom stereocenters. The molecule has 1 aromatic heterocycles. The largest absolute Gasteiger partial charge is 0.497 e. The lowest BCUT2D eigenvalue weighted by Crippen LogP contribution is -2.44. The summed E-state index contributed by atoms with van der Waals surface area (Å²) in [7, 11) is 2.99. The first-order valence-electron chi connectivity index (χ1n) is 21.0. The number of carbonyl (C=O) groups excluding carboxylic acids is 1. The molecule has 1 N–H and O–H groups in total. The van der Waals surface area contributed by atoms with Crippen LogP contribution in [0.4, 0.5) is 0 Å². The van der Waals surface area contributed by atoms with Crippen molar-refractivity contribution in [3.05, 3.63) is 128 Å². The molecule has 1 fully saturated rings. The molecule has 0 aliphatic carbocycles. The normalized spacial score (nSPS) is 18.4. The fourth-order valence-electron chi connectivity index (χ4n) is 7.85. The quantitative estimate of drug-likeness (QED) is 0.0286. The Balaban J connectivity index is 1.70. The molecule has 1 aliphatic rings. The Morgan fingerprint density at radius 2 is 1.44 bits per heavy atom. The summed E-state index contributed by atoms with van der Waals surface area (Å²) >= 11 is 0. The highest BCUT2D eigenvalue weighted by molar-refractivity contribution is 7.51. The zero-order chi connectivity index (χ0) is 45.9. The van der Waals surface area contributed by atoms with Crippen LogP contribution >= 0.6 is 8.30 Å². The summed E-state index contributed by atoms with van der Waals surface area (Å²) in [6, 6.07) is 25.0. The molecular formula is C48H62N3O11P. The average molecular weight is 888 g/mol. The molecule has 63 heavy (non-hydrogen) atoms. The predicted octanol–water partition coefficient (Wildman–Crippen LogP) is 6.96. The molecule has 0 spiro atoms. The Hall–Kier alpha value is -4.84. The first-order valence-corrected chi connectivity index (χ1v) is 22.4. The van der Waals surface area contributed by atoms with Crippen LogP contribution in [-0.4, -0.2) is 103 Å². The zero-order valence-corrected chi connectivity index (χ0v) is 38.9. The van der Waals surface area contributed by atoms with Crippen LogP contribution in [-0.2, 0) is 38.6 Å². The minimum absolute atomic E-state index is 0.0661. The average Bonchev–Trinajstić information content (AvgIpc) is 3.58. The summed E-state index contributed by atoms with van der Waals surface area (Å²) in [5.41, 5.74) is -0.692. The van der Waals surface area contributed by atoms with E-state index in [0.29, 0.717) is 17.1 Å². The van der Waals surface area contributed by atoms with E-state index < -0.39 is 61.3 Å². The third-order valence-corrected chi connectivity index (χ3v) is 13.1. The number of aryl methyl sites for hydroxylation is 1. The number of H-pyrrole nitrogens is 1. The number of rotatable bonds is 22. The van der Waals surface area contributed by atoms with Crippen LogP contribution in [0.5, 0.6) is 11.5 Å². The topological polar surface area (TPSA) is 149 Å². The minimum Gasteiger partial charge on any atom is -0.497 e. The first-order chi connectivity index (χ1) is 30.1. The Kier molecular flexibility index (Phi) is 17.3. The number of nitrogens with zero attached hydrogens (tertiary/aromatic N) is 2. The van der Waals surface area contributed by atoms with E-state index in [1.807, 2.05) is 107 Å². The van der Waals surface area contributed by atoms with Crippen LogP contribution in [0.1, 0.15) is 76.4 Å². The molecule has 0 radical (unpaired) electrons. The number of nitrogens with one attached hydrogen (secondary N) is 1. The molecule has 1 saturated heterocycles. The fraction of sp³-hybridized carbons (Fsp3) is 0.479. The molecule has 5 atom stereocenters. The van der Waals surface area contributed by atoms with Crippen molar-refractivity contribution in [2.24, 2.45) is 0 Å². The van der Waals surface area contributed by atoms with Gasteiger partial charge in [-0.1, -0.05) is 54.6 Å². The molecule has 4 aromatic rings. The van der Waals surface area contributed by atoms with Gasteiger partial charge in [-0.25, -0.2) is 4.79 Å². The molecule has 15 heteroatoms. The summed E-state index contributed by atoms with van der Waals surface area (Å²) in [5.74, 6) is 3.44. The van der Waals surface area contributed by atoms with Gasteiger partial charge in [0, 0.05) is 37.4 Å². The molecule has 0 bridgehead atoms. The number of aromatic amines is 1. The van der Waals surface area contributed by atoms with Crippen LogP contribution in [0.25, 0.3) is 0 Å². The van der Waals surface area contributed by atoms with E-state index in [0.717, 1.165) is 16.7 Å². The second kappa shape index (κ2) is 22.2. The van der Waals surface area contributed by atoms with Crippen molar-refractivity contribution >= 4 is 14.3 Å². The van der Waals surface area contributed by atoms with Gasteiger partial charge >= 0.3 is 11.7 Å². The number of hydrogen-bond donors (Lipinski definition) is 1. The Morgan fingerprint density at radius 3 is 1.97 bits per heavy atom. The van der Waals surface area contributed by atoms with Crippen LogP contribution in [0.2, 0.25) is 0 Å². The SMILES string of the molecule is C#CCC(C)(C)OC(=O)CP(O[C@@H]1C(OCCOC)[C@H](n2cc(C)c(=O)[nH]c2=O)O[C@@H]1COC(c1ccccc1)(c1ccc(OC)cc1)c1ccc(OC)cc1)N(C(C)C)C(C)C. The number of methoxy groups -OCH3 is 3. The van der Waals surface area contributed by atoms with Gasteiger partial charge in [0.15, 0.2) is 6.23 Å². The molecule has 340 valence electrons. The third-order valence-electron chi connectivity index (χ3n) is 10.7. The lowest BCUT2D eigenvalue weighted by atomic mass is 9.80. The van der Waals surface area contributed by atoms with Crippen LogP contribution in [0, 0.1) is 19.3 Å². The number of benzene rings is 3. The first kappa shape index (κ1) is 49.2. The molecular weight excluding hydrogens is 826 g/mol. The highest BCUT2D eigenvalue weighted by Gasteiger charge is 2.51. The highest BCUT2D eigenvalue weighted by Crippen LogP contribution is 2.51. The predicted molar refractivity (Wildman–Crippen MR) is 242 cm³/mol. The van der Waals surface area contributed by atoms with Crippen molar-refractivity contribution in [1.29, 1.82) is 0 Å². The van der Waals surface area contributed by atoms with Crippen molar-refractivity contribution in [2.75, 3.05) is 47.3 Å². The van der Waals surface area contributed by atoms with Gasteiger partial charge in [-0.3, -0.25) is 23.8 Å². The molecule has 0 amide bonds. The van der Waals surface area contributed by atoms with Gasteiger partial charge < -0.3 is 37.7 Å². The molecule has 14 nitrogen and oxygen atoms in total. The van der Waals surface area contributed by atoms with Crippen LogP contribution in [0.15, 0.2) is 94.6 Å². The van der Waals surface area contributed by atoms with Gasteiger partial charge in [-0.05, 0) is 89.4 Å². The molecule has 2 heterocycles. The standard InChI is InChI=1S/C48H62N3O11P/c1-12-26-47(7,8)61-41(52)31-63(51(32(2)3)33(4)5)62-42-40(60-45(43(42)58-28-27-55-9)50-29-34(6)44(53)49-46(50)54)30-59-48(35-16-14-13-15-17-35,36-18-22-38(56-10)23-19-36)37-20-24-39(57-11)25-21-37/h1,13-25,29,32-33,40,42-43,45H,26-28,30-31H2,2-11H3,(H,49,53,54)/t40-,42+,43?,45-,63?/m1/s1. The molecule has 0 saturated carbocycles. The fourth-order valence-corrected chi connectivity index (χ4v) is 10.1. The minimum atomic E-state index is -1.79. The summed E-state index contributed by atoms with van der Waals surface area (Å²) in [4.78, 5) is 42.6. The summed E-state index contributed by atoms with van der Waals surface area (Å²) in [6.45, 7) is 13.5.